The van der Waals surface area contributed by atoms with Crippen LogP contribution in [-0.2, 0) is 0 Å². The first-order valence-corrected chi connectivity index (χ1v) is 9.95. The maximum absolute atomic E-state index is 12.4. The predicted octanol–water partition coefficient (Wildman–Crippen LogP) is 7.28. The smallest absolute Gasteiger partial charge is 0.185 e. The molecule has 4 rings (SSSR count). The lowest BCUT2D eigenvalue weighted by Crippen LogP contribution is -1.93. The van der Waals surface area contributed by atoms with E-state index in [4.69, 9.17) is 11.6 Å². The number of hydrogen-bond acceptors (Lipinski definition) is 2. The van der Waals surface area contributed by atoms with Crippen molar-refractivity contribution in [3.05, 3.63) is 119 Å². The SMILES string of the molecule is O=C(C=Cc1ccc(-c2ccccc2O)c(-c2ccc(Cl)cc2)c1)c1ccccc1. The number of aromatic hydroxyl groups is 1. The molecule has 30 heavy (non-hydrogen) atoms. The van der Waals surface area contributed by atoms with Crippen LogP contribution < -0.4 is 0 Å². The summed E-state index contributed by atoms with van der Waals surface area (Å²) in [7, 11) is 0. The number of benzene rings is 4. The van der Waals surface area contributed by atoms with Gasteiger partial charge >= 0.3 is 0 Å². The van der Waals surface area contributed by atoms with E-state index < -0.39 is 0 Å². The van der Waals surface area contributed by atoms with E-state index in [1.807, 2.05) is 78.9 Å². The fourth-order valence-electron chi connectivity index (χ4n) is 3.34. The van der Waals surface area contributed by atoms with Crippen molar-refractivity contribution in [2.75, 3.05) is 0 Å². The second kappa shape index (κ2) is 8.81. The number of phenolic OH excluding ortho intramolecular Hbond substituents is 1. The molecule has 3 heteroatoms. The van der Waals surface area contributed by atoms with Gasteiger partial charge in [-0.15, -0.1) is 0 Å². The van der Waals surface area contributed by atoms with E-state index in [1.54, 1.807) is 30.3 Å². The van der Waals surface area contributed by atoms with Gasteiger partial charge in [-0.2, -0.15) is 0 Å². The van der Waals surface area contributed by atoms with Crippen LogP contribution in [0, 0.1) is 0 Å². The number of phenols is 1. The first-order valence-electron chi connectivity index (χ1n) is 9.57. The summed E-state index contributed by atoms with van der Waals surface area (Å²) in [6.07, 6.45) is 3.39. The summed E-state index contributed by atoms with van der Waals surface area (Å²) in [4.78, 5) is 12.4. The van der Waals surface area contributed by atoms with E-state index >= 15 is 0 Å². The number of allylic oxidation sites excluding steroid dienone is 1. The lowest BCUT2D eigenvalue weighted by atomic mass is 9.92. The molecule has 4 aromatic carbocycles. The average molecular weight is 411 g/mol. The van der Waals surface area contributed by atoms with Crippen molar-refractivity contribution in [1.82, 2.24) is 0 Å². The zero-order valence-corrected chi connectivity index (χ0v) is 16.9. The highest BCUT2D eigenvalue weighted by atomic mass is 35.5. The fourth-order valence-corrected chi connectivity index (χ4v) is 3.47. The minimum Gasteiger partial charge on any atom is -0.507 e. The molecule has 2 nitrogen and oxygen atoms in total. The molecule has 146 valence electrons. The summed E-state index contributed by atoms with van der Waals surface area (Å²) in [5.41, 5.74) is 5.12. The third-order valence-electron chi connectivity index (χ3n) is 4.88. The summed E-state index contributed by atoms with van der Waals surface area (Å²) >= 11 is 6.07. The van der Waals surface area contributed by atoms with E-state index in [9.17, 15) is 9.90 Å². The number of carbonyl (C=O) groups is 1. The van der Waals surface area contributed by atoms with E-state index in [0.29, 0.717) is 10.6 Å². The van der Waals surface area contributed by atoms with Gasteiger partial charge in [0.2, 0.25) is 0 Å². The largest absolute Gasteiger partial charge is 0.507 e. The van der Waals surface area contributed by atoms with Gasteiger partial charge in [-0.3, -0.25) is 4.79 Å². The molecule has 0 fully saturated rings. The lowest BCUT2D eigenvalue weighted by Gasteiger charge is -2.13. The Kier molecular flexibility index (Phi) is 5.78. The summed E-state index contributed by atoms with van der Waals surface area (Å²) < 4.78 is 0. The van der Waals surface area contributed by atoms with Crippen molar-refractivity contribution < 1.29 is 9.90 Å². The fraction of sp³-hybridized carbons (Fsp3) is 0. The van der Waals surface area contributed by atoms with E-state index in [0.717, 1.165) is 27.8 Å². The lowest BCUT2D eigenvalue weighted by molar-refractivity contribution is 0.104. The molecule has 0 saturated carbocycles. The van der Waals surface area contributed by atoms with Crippen LogP contribution in [-0.4, -0.2) is 10.9 Å². The van der Waals surface area contributed by atoms with Gasteiger partial charge in [-0.25, -0.2) is 0 Å². The van der Waals surface area contributed by atoms with E-state index in [-0.39, 0.29) is 11.5 Å². The summed E-state index contributed by atoms with van der Waals surface area (Å²) in [5.74, 6) is 0.170. The molecule has 0 aromatic heterocycles. The monoisotopic (exact) mass is 410 g/mol. The Morgan fingerprint density at radius 1 is 0.733 bits per heavy atom. The molecule has 0 unspecified atom stereocenters. The molecule has 0 aliphatic heterocycles. The van der Waals surface area contributed by atoms with E-state index in [2.05, 4.69) is 0 Å². The van der Waals surface area contributed by atoms with Crippen molar-refractivity contribution in [3.63, 3.8) is 0 Å². The highest BCUT2D eigenvalue weighted by Gasteiger charge is 2.11. The molecular formula is C27H19ClO2. The van der Waals surface area contributed by atoms with Gasteiger partial charge < -0.3 is 5.11 Å². The van der Waals surface area contributed by atoms with Gasteiger partial charge in [-0.1, -0.05) is 90.5 Å². The first-order chi connectivity index (χ1) is 14.6. The van der Waals surface area contributed by atoms with Crippen molar-refractivity contribution >= 4 is 23.5 Å². The summed E-state index contributed by atoms with van der Waals surface area (Å²) in [6.45, 7) is 0. The van der Waals surface area contributed by atoms with Crippen molar-refractivity contribution in [2.24, 2.45) is 0 Å². The van der Waals surface area contributed by atoms with Gasteiger partial charge in [-0.05, 0) is 52.6 Å². The highest BCUT2D eigenvalue weighted by Crippen LogP contribution is 2.37. The number of ketones is 1. The Hall–Kier alpha value is -3.62. The van der Waals surface area contributed by atoms with Crippen LogP contribution in [0.25, 0.3) is 28.3 Å². The molecule has 1 N–H and O–H groups in total. The molecule has 0 amide bonds. The third-order valence-corrected chi connectivity index (χ3v) is 5.13. The standard InChI is InChI=1S/C27H19ClO2/c28-22-14-12-20(13-15-22)25-18-19(11-17-26(29)21-6-2-1-3-7-21)10-16-23(25)24-8-4-5-9-27(24)30/h1-18,30H. The molecule has 0 aliphatic carbocycles. The van der Waals surface area contributed by atoms with Crippen LogP contribution in [0.2, 0.25) is 5.02 Å². The number of rotatable bonds is 5. The second-order valence-electron chi connectivity index (χ2n) is 6.89. The van der Waals surface area contributed by atoms with Crippen LogP contribution in [0.3, 0.4) is 0 Å². The minimum atomic E-state index is -0.0478. The van der Waals surface area contributed by atoms with Gasteiger partial charge in [0, 0.05) is 16.1 Å². The van der Waals surface area contributed by atoms with Crippen LogP contribution in [0.5, 0.6) is 5.75 Å². The highest BCUT2D eigenvalue weighted by molar-refractivity contribution is 6.30. The molecule has 0 radical (unpaired) electrons. The van der Waals surface area contributed by atoms with Gasteiger partial charge in [0.1, 0.15) is 5.75 Å². The van der Waals surface area contributed by atoms with Crippen LogP contribution in [0.1, 0.15) is 15.9 Å². The van der Waals surface area contributed by atoms with Gasteiger partial charge in [0.25, 0.3) is 0 Å². The first kappa shape index (κ1) is 19.7. The molecule has 0 spiro atoms. The number of carbonyl (C=O) groups excluding carboxylic acids is 1. The zero-order chi connectivity index (χ0) is 20.9. The molecule has 0 heterocycles. The molecule has 0 bridgehead atoms. The topological polar surface area (TPSA) is 37.3 Å². The Morgan fingerprint density at radius 3 is 2.17 bits per heavy atom. The molecule has 0 saturated heterocycles. The number of hydrogen-bond donors (Lipinski definition) is 1. The molecule has 0 aliphatic rings. The van der Waals surface area contributed by atoms with E-state index in [1.165, 1.54) is 0 Å². The molecule has 0 atom stereocenters. The second-order valence-corrected chi connectivity index (χ2v) is 7.33. The zero-order valence-electron chi connectivity index (χ0n) is 16.1. The average Bonchev–Trinajstić information content (AvgIpc) is 2.79. The number of halogens is 1. The van der Waals surface area contributed by atoms with Crippen LogP contribution in [0.15, 0.2) is 103 Å². The Labute approximate surface area is 180 Å². The summed E-state index contributed by atoms with van der Waals surface area (Å²) in [5, 5.41) is 11.0. The maximum atomic E-state index is 12.4. The molecule has 4 aromatic rings. The van der Waals surface area contributed by atoms with Crippen molar-refractivity contribution in [1.29, 1.82) is 0 Å². The van der Waals surface area contributed by atoms with Crippen LogP contribution in [0.4, 0.5) is 0 Å². The Morgan fingerprint density at radius 2 is 1.43 bits per heavy atom. The van der Waals surface area contributed by atoms with Gasteiger partial charge in [0.05, 0.1) is 0 Å². The minimum absolute atomic E-state index is 0.0478. The number of para-hydroxylation sites is 1. The Balaban J connectivity index is 1.76. The summed E-state index contributed by atoms with van der Waals surface area (Å²) in [6, 6.07) is 29.9. The predicted molar refractivity (Wildman–Crippen MR) is 124 cm³/mol. The Bertz CT molecular complexity index is 1210. The van der Waals surface area contributed by atoms with Crippen LogP contribution >= 0.6 is 11.6 Å². The normalized spacial score (nSPS) is 11.0. The quantitative estimate of drug-likeness (QED) is 0.277. The third kappa shape index (κ3) is 4.35. The molecular weight excluding hydrogens is 392 g/mol. The van der Waals surface area contributed by atoms with Crippen molar-refractivity contribution in [2.45, 2.75) is 0 Å². The van der Waals surface area contributed by atoms with Gasteiger partial charge in [0.15, 0.2) is 5.78 Å². The van der Waals surface area contributed by atoms with Crippen molar-refractivity contribution in [3.8, 4) is 28.0 Å². The maximum Gasteiger partial charge on any atom is 0.185 e.